The molecule has 0 saturated heterocycles. The predicted octanol–water partition coefficient (Wildman–Crippen LogP) is 3.44. The first-order chi connectivity index (χ1) is 8.66. The van der Waals surface area contributed by atoms with Gasteiger partial charge in [0.05, 0.1) is 6.42 Å². The molecule has 1 saturated carbocycles. The number of carboxylic acid groups (broad SMARTS) is 1. The Balaban J connectivity index is 2.10. The van der Waals surface area contributed by atoms with E-state index in [4.69, 9.17) is 5.11 Å². The van der Waals surface area contributed by atoms with Crippen molar-refractivity contribution >= 4 is 16.9 Å². The summed E-state index contributed by atoms with van der Waals surface area (Å²) < 4.78 is 0. The van der Waals surface area contributed by atoms with Crippen LogP contribution >= 0.6 is 0 Å². The van der Waals surface area contributed by atoms with Crippen molar-refractivity contribution in [3.63, 3.8) is 0 Å². The Hall–Kier alpha value is -1.77. The molecular weight excluding hydrogens is 226 g/mol. The van der Waals surface area contributed by atoms with Crippen LogP contribution in [0.1, 0.15) is 36.4 Å². The summed E-state index contributed by atoms with van der Waals surface area (Å²) in [6.07, 6.45) is 2.57. The summed E-state index contributed by atoms with van der Waals surface area (Å²) in [4.78, 5) is 14.4. The molecule has 3 rings (SSSR count). The fourth-order valence-corrected chi connectivity index (χ4v) is 2.97. The molecule has 2 aromatic rings. The van der Waals surface area contributed by atoms with Crippen LogP contribution in [0.4, 0.5) is 0 Å². The number of benzene rings is 1. The number of hydrogen-bond donors (Lipinski definition) is 2. The van der Waals surface area contributed by atoms with Gasteiger partial charge in [0.15, 0.2) is 0 Å². The zero-order valence-corrected chi connectivity index (χ0v) is 10.4. The third-order valence-corrected chi connectivity index (χ3v) is 3.90. The number of rotatable bonds is 4. The summed E-state index contributed by atoms with van der Waals surface area (Å²) in [5.74, 6) is 0.0224. The van der Waals surface area contributed by atoms with Gasteiger partial charge in [-0.25, -0.2) is 0 Å². The highest BCUT2D eigenvalue weighted by molar-refractivity contribution is 5.86. The van der Waals surface area contributed by atoms with Gasteiger partial charge in [-0.15, -0.1) is 0 Å². The highest BCUT2D eigenvalue weighted by Crippen LogP contribution is 2.47. The van der Waals surface area contributed by atoms with Crippen LogP contribution < -0.4 is 0 Å². The van der Waals surface area contributed by atoms with Crippen LogP contribution in [0.2, 0.25) is 0 Å². The van der Waals surface area contributed by atoms with E-state index >= 15 is 0 Å². The van der Waals surface area contributed by atoms with Crippen LogP contribution in [-0.2, 0) is 4.79 Å². The van der Waals surface area contributed by atoms with Crippen LogP contribution in [0.5, 0.6) is 0 Å². The molecule has 0 amide bonds. The number of hydrogen-bond acceptors (Lipinski definition) is 1. The molecule has 0 bridgehead atoms. The molecule has 1 atom stereocenters. The van der Waals surface area contributed by atoms with Crippen molar-refractivity contribution in [2.45, 2.75) is 32.1 Å². The van der Waals surface area contributed by atoms with Crippen molar-refractivity contribution in [3.8, 4) is 0 Å². The molecule has 1 aromatic carbocycles. The predicted molar refractivity (Wildman–Crippen MR) is 70.8 cm³/mol. The maximum absolute atomic E-state index is 11.1. The summed E-state index contributed by atoms with van der Waals surface area (Å²) in [7, 11) is 0. The van der Waals surface area contributed by atoms with Crippen LogP contribution in [0.3, 0.4) is 0 Å². The number of para-hydroxylation sites is 1. The van der Waals surface area contributed by atoms with Gasteiger partial charge in [0.2, 0.25) is 0 Å². The molecule has 1 fully saturated rings. The van der Waals surface area contributed by atoms with E-state index in [-0.39, 0.29) is 12.3 Å². The maximum atomic E-state index is 11.1. The lowest BCUT2D eigenvalue weighted by Crippen LogP contribution is -2.09. The SMILES string of the molecule is Cc1[nH]c2ccccc2c1C(CC(=O)O)C1CC1. The van der Waals surface area contributed by atoms with Crippen molar-refractivity contribution in [2.75, 3.05) is 0 Å². The average Bonchev–Trinajstić information content (AvgIpc) is 3.09. The number of aromatic amines is 1. The normalized spacial score (nSPS) is 16.9. The molecule has 3 nitrogen and oxygen atoms in total. The van der Waals surface area contributed by atoms with E-state index in [0.717, 1.165) is 24.1 Å². The Bertz CT molecular complexity index is 596. The lowest BCUT2D eigenvalue weighted by Gasteiger charge is -2.14. The number of aryl methyl sites for hydroxylation is 1. The number of fused-ring (bicyclic) bond motifs is 1. The Labute approximate surface area is 106 Å². The topological polar surface area (TPSA) is 53.1 Å². The van der Waals surface area contributed by atoms with Crippen molar-refractivity contribution in [2.24, 2.45) is 5.92 Å². The second kappa shape index (κ2) is 4.16. The maximum Gasteiger partial charge on any atom is 0.303 e. The van der Waals surface area contributed by atoms with E-state index in [0.29, 0.717) is 5.92 Å². The average molecular weight is 243 g/mol. The van der Waals surface area contributed by atoms with E-state index in [9.17, 15) is 4.79 Å². The molecule has 1 heterocycles. The summed E-state index contributed by atoms with van der Waals surface area (Å²) in [5, 5.41) is 10.3. The molecule has 0 spiro atoms. The van der Waals surface area contributed by atoms with Crippen molar-refractivity contribution in [1.29, 1.82) is 0 Å². The van der Waals surface area contributed by atoms with Gasteiger partial charge in [0.25, 0.3) is 0 Å². The third kappa shape index (κ3) is 1.90. The van der Waals surface area contributed by atoms with Crippen LogP contribution in [0.25, 0.3) is 10.9 Å². The Morgan fingerprint density at radius 2 is 2.17 bits per heavy atom. The minimum atomic E-state index is -0.698. The molecule has 1 aromatic heterocycles. The standard InChI is InChI=1S/C15H17NO2/c1-9-15(11-4-2-3-5-13(11)16-9)12(8-14(17)18)10-6-7-10/h2-5,10,12,16H,6-8H2,1H3,(H,17,18). The lowest BCUT2D eigenvalue weighted by atomic mass is 9.89. The molecule has 3 heteroatoms. The van der Waals surface area contributed by atoms with E-state index in [1.807, 2.05) is 19.1 Å². The first-order valence-electron chi connectivity index (χ1n) is 6.46. The minimum Gasteiger partial charge on any atom is -0.481 e. The zero-order chi connectivity index (χ0) is 12.7. The van der Waals surface area contributed by atoms with E-state index < -0.39 is 5.97 Å². The number of carboxylic acids is 1. The molecular formula is C15H17NO2. The molecule has 94 valence electrons. The highest BCUT2D eigenvalue weighted by atomic mass is 16.4. The van der Waals surface area contributed by atoms with Gasteiger partial charge in [-0.1, -0.05) is 18.2 Å². The second-order valence-electron chi connectivity index (χ2n) is 5.25. The van der Waals surface area contributed by atoms with E-state index in [1.54, 1.807) is 0 Å². The van der Waals surface area contributed by atoms with Crippen LogP contribution in [0, 0.1) is 12.8 Å². The lowest BCUT2D eigenvalue weighted by molar-refractivity contribution is -0.137. The minimum absolute atomic E-state index is 0.165. The van der Waals surface area contributed by atoms with Crippen LogP contribution in [0.15, 0.2) is 24.3 Å². The second-order valence-corrected chi connectivity index (χ2v) is 5.25. The van der Waals surface area contributed by atoms with Crippen LogP contribution in [-0.4, -0.2) is 16.1 Å². The fraction of sp³-hybridized carbons (Fsp3) is 0.400. The Kier molecular flexibility index (Phi) is 2.62. The van der Waals surface area contributed by atoms with Crippen molar-refractivity contribution in [1.82, 2.24) is 4.98 Å². The molecule has 0 aliphatic heterocycles. The van der Waals surface area contributed by atoms with Gasteiger partial charge in [-0.2, -0.15) is 0 Å². The van der Waals surface area contributed by atoms with Gasteiger partial charge in [0, 0.05) is 16.6 Å². The smallest absolute Gasteiger partial charge is 0.303 e. The molecule has 0 radical (unpaired) electrons. The molecule has 2 N–H and O–H groups in total. The van der Waals surface area contributed by atoms with Gasteiger partial charge in [-0.05, 0) is 43.2 Å². The molecule has 1 unspecified atom stereocenters. The number of aromatic nitrogens is 1. The zero-order valence-electron chi connectivity index (χ0n) is 10.4. The van der Waals surface area contributed by atoms with Gasteiger partial charge >= 0.3 is 5.97 Å². The van der Waals surface area contributed by atoms with Gasteiger partial charge in [0.1, 0.15) is 0 Å². The number of aliphatic carboxylic acids is 1. The summed E-state index contributed by atoms with van der Waals surface area (Å²) in [6, 6.07) is 8.16. The van der Waals surface area contributed by atoms with Crippen molar-refractivity contribution in [3.05, 3.63) is 35.5 Å². The third-order valence-electron chi connectivity index (χ3n) is 3.90. The first kappa shape index (κ1) is 11.3. The summed E-state index contributed by atoms with van der Waals surface area (Å²) >= 11 is 0. The summed E-state index contributed by atoms with van der Waals surface area (Å²) in [5.41, 5.74) is 3.45. The molecule has 1 aliphatic rings. The Morgan fingerprint density at radius 1 is 1.44 bits per heavy atom. The number of H-pyrrole nitrogens is 1. The highest BCUT2D eigenvalue weighted by Gasteiger charge is 2.35. The number of carbonyl (C=O) groups is 1. The quantitative estimate of drug-likeness (QED) is 0.864. The molecule has 1 aliphatic carbocycles. The summed E-state index contributed by atoms with van der Waals surface area (Å²) in [6.45, 7) is 2.05. The van der Waals surface area contributed by atoms with E-state index in [1.165, 1.54) is 10.9 Å². The Morgan fingerprint density at radius 3 is 2.83 bits per heavy atom. The monoisotopic (exact) mass is 243 g/mol. The number of nitrogens with one attached hydrogen (secondary N) is 1. The largest absolute Gasteiger partial charge is 0.481 e. The van der Waals surface area contributed by atoms with Crippen molar-refractivity contribution < 1.29 is 9.90 Å². The molecule has 18 heavy (non-hydrogen) atoms. The fourth-order valence-electron chi connectivity index (χ4n) is 2.97. The first-order valence-corrected chi connectivity index (χ1v) is 6.46. The van der Waals surface area contributed by atoms with Gasteiger partial charge in [-0.3, -0.25) is 4.79 Å². The van der Waals surface area contributed by atoms with E-state index in [2.05, 4.69) is 17.1 Å². The van der Waals surface area contributed by atoms with Gasteiger partial charge < -0.3 is 10.1 Å².